The summed E-state index contributed by atoms with van der Waals surface area (Å²) in [5.74, 6) is -0.820. The molecular weight excluding hydrogens is 216 g/mol. The largest absolute Gasteiger partial charge is 0.481 e. The first-order valence-electron chi connectivity index (χ1n) is 6.69. The lowest BCUT2D eigenvalue weighted by Gasteiger charge is -2.49. The first-order valence-corrected chi connectivity index (χ1v) is 6.69. The zero-order valence-corrected chi connectivity index (χ0v) is 11.5. The van der Waals surface area contributed by atoms with Crippen molar-refractivity contribution in [3.05, 3.63) is 0 Å². The smallest absolute Gasteiger partial charge is 0.312 e. The van der Waals surface area contributed by atoms with Gasteiger partial charge in [-0.2, -0.15) is 0 Å². The third kappa shape index (κ3) is 2.35. The Balaban J connectivity index is 3.05. The minimum absolute atomic E-state index is 0.210. The Bertz CT molecular complexity index is 280. The zero-order valence-electron chi connectivity index (χ0n) is 11.5. The van der Waals surface area contributed by atoms with E-state index in [2.05, 4.69) is 13.8 Å². The molecule has 0 aliphatic heterocycles. The van der Waals surface area contributed by atoms with Crippen LogP contribution in [-0.4, -0.2) is 21.8 Å². The van der Waals surface area contributed by atoms with Gasteiger partial charge in [0.05, 0.1) is 11.0 Å². The van der Waals surface area contributed by atoms with E-state index in [4.69, 9.17) is 0 Å². The van der Waals surface area contributed by atoms with Gasteiger partial charge < -0.3 is 10.2 Å². The predicted octanol–water partition coefficient (Wildman–Crippen LogP) is 3.21. The topological polar surface area (TPSA) is 57.5 Å². The maximum atomic E-state index is 11.7. The van der Waals surface area contributed by atoms with Crippen LogP contribution in [0.2, 0.25) is 0 Å². The summed E-state index contributed by atoms with van der Waals surface area (Å²) in [6.45, 7) is 8.12. The van der Waals surface area contributed by atoms with E-state index in [9.17, 15) is 15.0 Å². The number of aliphatic hydroxyl groups is 1. The van der Waals surface area contributed by atoms with Crippen molar-refractivity contribution in [1.82, 2.24) is 0 Å². The highest BCUT2D eigenvalue weighted by Gasteiger charge is 2.56. The molecule has 2 N–H and O–H groups in total. The van der Waals surface area contributed by atoms with E-state index in [0.29, 0.717) is 25.7 Å². The molecule has 3 nitrogen and oxygen atoms in total. The first-order chi connectivity index (χ1) is 7.73. The molecule has 17 heavy (non-hydrogen) atoms. The molecule has 0 radical (unpaired) electrons. The van der Waals surface area contributed by atoms with Crippen LogP contribution in [0.5, 0.6) is 0 Å². The highest BCUT2D eigenvalue weighted by atomic mass is 16.4. The van der Waals surface area contributed by atoms with Gasteiger partial charge in [0, 0.05) is 0 Å². The molecule has 0 aromatic rings. The van der Waals surface area contributed by atoms with E-state index in [0.717, 1.165) is 12.8 Å². The van der Waals surface area contributed by atoms with Crippen LogP contribution in [0.15, 0.2) is 0 Å². The molecule has 0 spiro atoms. The minimum atomic E-state index is -1.06. The highest BCUT2D eigenvalue weighted by molar-refractivity contribution is 5.76. The summed E-state index contributed by atoms with van der Waals surface area (Å²) >= 11 is 0. The van der Waals surface area contributed by atoms with Gasteiger partial charge in [-0.25, -0.2) is 0 Å². The minimum Gasteiger partial charge on any atom is -0.481 e. The van der Waals surface area contributed by atoms with E-state index in [1.807, 2.05) is 13.8 Å². The van der Waals surface area contributed by atoms with Crippen LogP contribution >= 0.6 is 0 Å². The SMILES string of the molecule is CCC(O)(CC)C1(C(=O)O)CCC(C)(C)CC1. The van der Waals surface area contributed by atoms with Gasteiger partial charge in [-0.3, -0.25) is 4.79 Å². The maximum Gasteiger partial charge on any atom is 0.312 e. The third-order valence-corrected chi connectivity index (χ3v) is 4.93. The van der Waals surface area contributed by atoms with Crippen molar-refractivity contribution in [3.63, 3.8) is 0 Å². The Morgan fingerprint density at radius 2 is 1.53 bits per heavy atom. The second kappa shape index (κ2) is 4.60. The van der Waals surface area contributed by atoms with Crippen LogP contribution < -0.4 is 0 Å². The summed E-state index contributed by atoms with van der Waals surface area (Å²) in [7, 11) is 0. The van der Waals surface area contributed by atoms with Gasteiger partial charge in [0.1, 0.15) is 0 Å². The Hall–Kier alpha value is -0.570. The summed E-state index contributed by atoms with van der Waals surface area (Å²) in [5.41, 5.74) is -1.79. The molecule has 100 valence electrons. The molecule has 0 aromatic carbocycles. The summed E-state index contributed by atoms with van der Waals surface area (Å²) in [6, 6.07) is 0. The number of hydrogen-bond donors (Lipinski definition) is 2. The predicted molar refractivity (Wildman–Crippen MR) is 67.8 cm³/mol. The van der Waals surface area contributed by atoms with Crippen molar-refractivity contribution in [1.29, 1.82) is 0 Å². The van der Waals surface area contributed by atoms with Crippen molar-refractivity contribution in [2.45, 2.75) is 71.8 Å². The van der Waals surface area contributed by atoms with E-state index in [1.54, 1.807) is 0 Å². The highest BCUT2D eigenvalue weighted by Crippen LogP contribution is 2.52. The van der Waals surface area contributed by atoms with Crippen molar-refractivity contribution in [3.8, 4) is 0 Å². The number of carboxylic acids is 1. The standard InChI is InChI=1S/C14H26O3/c1-5-14(17,6-2)13(11(15)16)9-7-12(3,4)8-10-13/h17H,5-10H2,1-4H3,(H,15,16). The van der Waals surface area contributed by atoms with E-state index in [1.165, 1.54) is 0 Å². The Morgan fingerprint density at radius 3 is 1.82 bits per heavy atom. The summed E-state index contributed by atoms with van der Waals surface area (Å²) in [5, 5.41) is 20.3. The van der Waals surface area contributed by atoms with Gasteiger partial charge in [-0.05, 0) is 43.9 Å². The fourth-order valence-electron chi connectivity index (χ4n) is 3.16. The number of carboxylic acid groups (broad SMARTS) is 1. The summed E-state index contributed by atoms with van der Waals surface area (Å²) < 4.78 is 0. The van der Waals surface area contributed by atoms with Crippen LogP contribution in [0.4, 0.5) is 0 Å². The number of carbonyl (C=O) groups is 1. The fourth-order valence-corrected chi connectivity index (χ4v) is 3.16. The summed E-state index contributed by atoms with van der Waals surface area (Å²) in [6.07, 6.45) is 3.96. The van der Waals surface area contributed by atoms with Gasteiger partial charge in [0.25, 0.3) is 0 Å². The molecule has 0 unspecified atom stereocenters. The molecule has 1 fully saturated rings. The number of rotatable bonds is 4. The molecule has 0 heterocycles. The molecule has 1 rings (SSSR count). The van der Waals surface area contributed by atoms with E-state index < -0.39 is 17.0 Å². The van der Waals surface area contributed by atoms with Gasteiger partial charge in [0.15, 0.2) is 0 Å². The average Bonchev–Trinajstić information content (AvgIpc) is 2.28. The molecular formula is C14H26O3. The Kier molecular flexibility index (Phi) is 3.92. The monoisotopic (exact) mass is 242 g/mol. The van der Waals surface area contributed by atoms with Crippen molar-refractivity contribution < 1.29 is 15.0 Å². The second-order valence-corrected chi connectivity index (χ2v) is 6.29. The summed E-state index contributed by atoms with van der Waals surface area (Å²) in [4.78, 5) is 11.7. The molecule has 1 aliphatic rings. The van der Waals surface area contributed by atoms with E-state index in [-0.39, 0.29) is 5.41 Å². The van der Waals surface area contributed by atoms with Gasteiger partial charge in [-0.1, -0.05) is 27.7 Å². The van der Waals surface area contributed by atoms with Crippen LogP contribution in [0.25, 0.3) is 0 Å². The molecule has 0 saturated heterocycles. The van der Waals surface area contributed by atoms with Gasteiger partial charge in [-0.15, -0.1) is 0 Å². The Labute approximate surface area is 104 Å². The first kappa shape index (κ1) is 14.5. The van der Waals surface area contributed by atoms with Gasteiger partial charge in [0.2, 0.25) is 0 Å². The lowest BCUT2D eigenvalue weighted by atomic mass is 9.57. The average molecular weight is 242 g/mol. The van der Waals surface area contributed by atoms with Crippen LogP contribution in [0, 0.1) is 10.8 Å². The van der Waals surface area contributed by atoms with Crippen molar-refractivity contribution in [2.24, 2.45) is 10.8 Å². The normalized spacial score (nSPS) is 23.4. The molecule has 0 bridgehead atoms. The molecule has 1 saturated carbocycles. The van der Waals surface area contributed by atoms with Crippen molar-refractivity contribution >= 4 is 5.97 Å². The molecule has 0 atom stereocenters. The van der Waals surface area contributed by atoms with Crippen LogP contribution in [0.1, 0.15) is 66.2 Å². The number of hydrogen-bond acceptors (Lipinski definition) is 2. The van der Waals surface area contributed by atoms with Gasteiger partial charge >= 0.3 is 5.97 Å². The molecule has 1 aliphatic carbocycles. The zero-order chi connectivity index (χ0) is 13.3. The fraction of sp³-hybridized carbons (Fsp3) is 0.929. The number of aliphatic carboxylic acids is 1. The maximum absolute atomic E-state index is 11.7. The molecule has 0 amide bonds. The second-order valence-electron chi connectivity index (χ2n) is 6.29. The lowest BCUT2D eigenvalue weighted by Crippen LogP contribution is -2.55. The van der Waals surface area contributed by atoms with Crippen molar-refractivity contribution in [2.75, 3.05) is 0 Å². The lowest BCUT2D eigenvalue weighted by molar-refractivity contribution is -0.180. The van der Waals surface area contributed by atoms with E-state index >= 15 is 0 Å². The third-order valence-electron chi connectivity index (χ3n) is 4.93. The molecule has 0 aromatic heterocycles. The quantitative estimate of drug-likeness (QED) is 0.796. The Morgan fingerprint density at radius 1 is 1.12 bits per heavy atom. The molecule has 3 heteroatoms. The van der Waals surface area contributed by atoms with Crippen LogP contribution in [0.3, 0.4) is 0 Å². The van der Waals surface area contributed by atoms with Crippen LogP contribution in [-0.2, 0) is 4.79 Å².